The van der Waals surface area contributed by atoms with E-state index < -0.39 is 11.9 Å². The van der Waals surface area contributed by atoms with E-state index in [1.165, 1.54) is 4.90 Å². The highest BCUT2D eigenvalue weighted by Crippen LogP contribution is 2.36. The number of carboxylic acid groups (broad SMARTS) is 2. The maximum atomic E-state index is 10.9. The smallest absolute Gasteiger partial charge is 0.317 e. The van der Waals surface area contributed by atoms with Crippen LogP contribution in [0.15, 0.2) is 18.2 Å². The molecule has 0 saturated carbocycles. The molecular formula is C13H14ClNO4. The van der Waals surface area contributed by atoms with E-state index in [1.807, 2.05) is 12.1 Å². The quantitative estimate of drug-likeness (QED) is 0.861. The van der Waals surface area contributed by atoms with Gasteiger partial charge in [-0.1, -0.05) is 17.7 Å². The van der Waals surface area contributed by atoms with Crippen molar-refractivity contribution in [3.8, 4) is 0 Å². The third kappa shape index (κ3) is 3.24. The Morgan fingerprint density at radius 2 is 1.89 bits per heavy atom. The van der Waals surface area contributed by atoms with Gasteiger partial charge in [0.1, 0.15) is 0 Å². The van der Waals surface area contributed by atoms with Gasteiger partial charge in [-0.05, 0) is 36.1 Å². The average molecular weight is 284 g/mol. The van der Waals surface area contributed by atoms with Crippen molar-refractivity contribution in [1.82, 2.24) is 4.90 Å². The zero-order chi connectivity index (χ0) is 14.0. The van der Waals surface area contributed by atoms with Crippen molar-refractivity contribution in [3.63, 3.8) is 0 Å². The first-order valence-corrected chi connectivity index (χ1v) is 6.31. The minimum atomic E-state index is -1.02. The molecule has 0 aromatic heterocycles. The van der Waals surface area contributed by atoms with E-state index in [2.05, 4.69) is 0 Å². The van der Waals surface area contributed by atoms with Gasteiger partial charge in [0.25, 0.3) is 0 Å². The van der Waals surface area contributed by atoms with Gasteiger partial charge in [0.15, 0.2) is 0 Å². The van der Waals surface area contributed by atoms with E-state index in [-0.39, 0.29) is 19.1 Å². The van der Waals surface area contributed by atoms with E-state index in [1.54, 1.807) is 6.07 Å². The molecule has 1 aliphatic carbocycles. The fraction of sp³-hybridized carbons (Fsp3) is 0.385. The second-order valence-corrected chi connectivity index (χ2v) is 5.03. The highest BCUT2D eigenvalue weighted by Gasteiger charge is 2.30. The molecule has 5 nitrogen and oxygen atoms in total. The van der Waals surface area contributed by atoms with Crippen LogP contribution in [0.3, 0.4) is 0 Å². The lowest BCUT2D eigenvalue weighted by Crippen LogP contribution is -2.36. The van der Waals surface area contributed by atoms with Crippen LogP contribution >= 0.6 is 11.6 Å². The van der Waals surface area contributed by atoms with Gasteiger partial charge in [-0.2, -0.15) is 0 Å². The molecule has 0 radical (unpaired) electrons. The molecule has 0 spiro atoms. The molecule has 0 bridgehead atoms. The molecule has 19 heavy (non-hydrogen) atoms. The van der Waals surface area contributed by atoms with Crippen molar-refractivity contribution in [2.45, 2.75) is 18.9 Å². The number of carboxylic acids is 2. The van der Waals surface area contributed by atoms with Gasteiger partial charge in [-0.25, -0.2) is 0 Å². The van der Waals surface area contributed by atoms with Gasteiger partial charge < -0.3 is 10.2 Å². The summed E-state index contributed by atoms with van der Waals surface area (Å²) in [6.07, 6.45) is 1.51. The molecule has 0 fully saturated rings. The SMILES string of the molecule is O=C(O)CN(CC(=O)O)C1CCc2cc(Cl)ccc21. The Labute approximate surface area is 115 Å². The summed E-state index contributed by atoms with van der Waals surface area (Å²) in [7, 11) is 0. The maximum absolute atomic E-state index is 10.9. The molecule has 0 heterocycles. The maximum Gasteiger partial charge on any atom is 0.317 e. The molecule has 0 saturated heterocycles. The fourth-order valence-electron chi connectivity index (χ4n) is 2.57. The number of carbonyl (C=O) groups is 2. The summed E-state index contributed by atoms with van der Waals surface area (Å²) in [6.45, 7) is -0.557. The summed E-state index contributed by atoms with van der Waals surface area (Å²) in [5.41, 5.74) is 2.05. The van der Waals surface area contributed by atoms with Gasteiger partial charge in [0.2, 0.25) is 0 Å². The summed E-state index contributed by atoms with van der Waals surface area (Å²) >= 11 is 5.92. The molecule has 0 amide bonds. The molecule has 102 valence electrons. The standard InChI is InChI=1S/C13H14ClNO4/c14-9-2-3-10-8(5-9)1-4-11(10)15(6-12(16)17)7-13(18)19/h2-3,5,11H,1,4,6-7H2,(H,16,17)(H,18,19). The molecule has 1 aromatic rings. The van der Waals surface area contributed by atoms with Gasteiger partial charge in [0, 0.05) is 11.1 Å². The van der Waals surface area contributed by atoms with Gasteiger partial charge in [-0.15, -0.1) is 0 Å². The Bertz CT molecular complexity index is 501. The van der Waals surface area contributed by atoms with E-state index in [0.717, 1.165) is 24.0 Å². The molecule has 0 aliphatic heterocycles. The zero-order valence-corrected chi connectivity index (χ0v) is 10.9. The zero-order valence-electron chi connectivity index (χ0n) is 10.2. The third-order valence-electron chi connectivity index (χ3n) is 3.27. The summed E-state index contributed by atoms with van der Waals surface area (Å²) in [6, 6.07) is 5.29. The molecule has 1 aromatic carbocycles. The third-order valence-corrected chi connectivity index (χ3v) is 3.50. The number of halogens is 1. The fourth-order valence-corrected chi connectivity index (χ4v) is 2.76. The van der Waals surface area contributed by atoms with Crippen molar-refractivity contribution in [2.75, 3.05) is 13.1 Å². The second kappa shape index (κ2) is 5.59. The van der Waals surface area contributed by atoms with E-state index in [0.29, 0.717) is 5.02 Å². The highest BCUT2D eigenvalue weighted by atomic mass is 35.5. The summed E-state index contributed by atoms with van der Waals surface area (Å²) in [5.74, 6) is -2.05. The topological polar surface area (TPSA) is 77.8 Å². The molecule has 2 N–H and O–H groups in total. The molecular weight excluding hydrogens is 270 g/mol. The lowest BCUT2D eigenvalue weighted by atomic mass is 10.1. The number of nitrogens with zero attached hydrogens (tertiary/aromatic N) is 1. The Hall–Kier alpha value is -1.59. The summed E-state index contributed by atoms with van der Waals surface area (Å²) < 4.78 is 0. The number of fused-ring (bicyclic) bond motifs is 1. The average Bonchev–Trinajstić information content (AvgIpc) is 2.69. The number of hydrogen-bond acceptors (Lipinski definition) is 3. The highest BCUT2D eigenvalue weighted by molar-refractivity contribution is 6.30. The predicted octanol–water partition coefficient (Wildman–Crippen LogP) is 1.80. The van der Waals surface area contributed by atoms with E-state index in [4.69, 9.17) is 21.8 Å². The van der Waals surface area contributed by atoms with Crippen LogP contribution < -0.4 is 0 Å². The first-order valence-electron chi connectivity index (χ1n) is 5.93. The lowest BCUT2D eigenvalue weighted by Gasteiger charge is -2.26. The number of rotatable bonds is 5. The van der Waals surface area contributed by atoms with Crippen LogP contribution in [-0.4, -0.2) is 40.1 Å². The Morgan fingerprint density at radius 1 is 1.26 bits per heavy atom. The van der Waals surface area contributed by atoms with Crippen LogP contribution in [0.4, 0.5) is 0 Å². The number of hydrogen-bond donors (Lipinski definition) is 2. The second-order valence-electron chi connectivity index (χ2n) is 4.59. The van der Waals surface area contributed by atoms with Gasteiger partial charge >= 0.3 is 11.9 Å². The molecule has 2 rings (SSSR count). The van der Waals surface area contributed by atoms with Crippen molar-refractivity contribution < 1.29 is 19.8 Å². The van der Waals surface area contributed by atoms with Gasteiger partial charge in [0.05, 0.1) is 13.1 Å². The number of benzene rings is 1. The first kappa shape index (κ1) is 13.8. The van der Waals surface area contributed by atoms with Gasteiger partial charge in [-0.3, -0.25) is 14.5 Å². The van der Waals surface area contributed by atoms with Crippen LogP contribution in [0, 0.1) is 0 Å². The van der Waals surface area contributed by atoms with Crippen molar-refractivity contribution in [1.29, 1.82) is 0 Å². The van der Waals surface area contributed by atoms with E-state index >= 15 is 0 Å². The van der Waals surface area contributed by atoms with Crippen LogP contribution in [0.25, 0.3) is 0 Å². The molecule has 1 aliphatic rings. The molecule has 6 heteroatoms. The summed E-state index contributed by atoms with van der Waals surface area (Å²) in [5, 5.41) is 18.4. The van der Waals surface area contributed by atoms with Crippen LogP contribution in [0.5, 0.6) is 0 Å². The first-order chi connectivity index (χ1) is 8.97. The molecule has 1 unspecified atom stereocenters. The van der Waals surface area contributed by atoms with E-state index in [9.17, 15) is 9.59 Å². The van der Waals surface area contributed by atoms with Crippen molar-refractivity contribution in [2.24, 2.45) is 0 Å². The Morgan fingerprint density at radius 3 is 2.47 bits per heavy atom. The number of aliphatic carboxylic acids is 2. The van der Waals surface area contributed by atoms with Crippen LogP contribution in [-0.2, 0) is 16.0 Å². The largest absolute Gasteiger partial charge is 0.480 e. The Balaban J connectivity index is 2.25. The van der Waals surface area contributed by atoms with Crippen LogP contribution in [0.1, 0.15) is 23.6 Å². The van der Waals surface area contributed by atoms with Crippen molar-refractivity contribution in [3.05, 3.63) is 34.3 Å². The minimum Gasteiger partial charge on any atom is -0.480 e. The predicted molar refractivity (Wildman–Crippen MR) is 69.4 cm³/mol. The van der Waals surface area contributed by atoms with Crippen molar-refractivity contribution >= 4 is 23.5 Å². The lowest BCUT2D eigenvalue weighted by molar-refractivity contribution is -0.142. The monoisotopic (exact) mass is 283 g/mol. The van der Waals surface area contributed by atoms with Crippen LogP contribution in [0.2, 0.25) is 5.02 Å². The Kier molecular flexibility index (Phi) is 4.07. The normalized spacial score (nSPS) is 17.5. The minimum absolute atomic E-state index is 0.167. The molecule has 1 atom stereocenters. The number of aryl methyl sites for hydroxylation is 1. The summed E-state index contributed by atoms with van der Waals surface area (Å²) in [4.78, 5) is 23.2.